The maximum Gasteiger partial charge on any atom is 0.244 e. The van der Waals surface area contributed by atoms with Crippen molar-refractivity contribution in [1.29, 1.82) is 0 Å². The van der Waals surface area contributed by atoms with Crippen LogP contribution in [-0.2, 0) is 11.8 Å². The molecule has 1 amide bonds. The van der Waals surface area contributed by atoms with Crippen molar-refractivity contribution in [2.24, 2.45) is 7.05 Å². The van der Waals surface area contributed by atoms with Crippen molar-refractivity contribution in [3.05, 3.63) is 24.0 Å². The Balaban J connectivity index is 2.43. The number of carbonyl (C=O) groups is 1. The van der Waals surface area contributed by atoms with Gasteiger partial charge in [-0.2, -0.15) is 5.10 Å². The van der Waals surface area contributed by atoms with Crippen LogP contribution in [0.15, 0.2) is 18.5 Å². The van der Waals surface area contributed by atoms with Gasteiger partial charge in [0.2, 0.25) is 5.91 Å². The highest BCUT2D eigenvalue weighted by Gasteiger charge is 1.94. The summed E-state index contributed by atoms with van der Waals surface area (Å²) in [6.07, 6.45) is 7.78. The summed E-state index contributed by atoms with van der Waals surface area (Å²) < 4.78 is 1.70. The third-order valence-electron chi connectivity index (χ3n) is 1.70. The summed E-state index contributed by atoms with van der Waals surface area (Å²) in [7, 11) is 1.84. The zero-order valence-corrected chi connectivity index (χ0v) is 8.53. The van der Waals surface area contributed by atoms with E-state index >= 15 is 0 Å². The zero-order valence-electron chi connectivity index (χ0n) is 8.53. The Bertz CT molecular complexity index is 328. The number of aryl methyl sites for hydroxylation is 1. The third kappa shape index (κ3) is 3.43. The van der Waals surface area contributed by atoms with Crippen LogP contribution >= 0.6 is 0 Å². The molecule has 0 aliphatic heterocycles. The molecule has 1 aromatic rings. The number of nitrogens with zero attached hydrogens (tertiary/aromatic N) is 2. The van der Waals surface area contributed by atoms with E-state index in [0.29, 0.717) is 0 Å². The second-order valence-electron chi connectivity index (χ2n) is 3.07. The van der Waals surface area contributed by atoms with E-state index in [0.717, 1.165) is 18.5 Å². The molecule has 0 fully saturated rings. The van der Waals surface area contributed by atoms with E-state index in [4.69, 9.17) is 0 Å². The Kier molecular flexibility index (Phi) is 3.91. The van der Waals surface area contributed by atoms with Crippen LogP contribution < -0.4 is 5.32 Å². The third-order valence-corrected chi connectivity index (χ3v) is 1.70. The van der Waals surface area contributed by atoms with E-state index in [2.05, 4.69) is 10.4 Å². The second-order valence-corrected chi connectivity index (χ2v) is 3.07. The molecule has 4 nitrogen and oxygen atoms in total. The van der Waals surface area contributed by atoms with Gasteiger partial charge in [-0.1, -0.05) is 6.92 Å². The summed E-state index contributed by atoms with van der Waals surface area (Å²) in [5, 5.41) is 6.75. The molecule has 1 N–H and O–H groups in total. The molecule has 0 bridgehead atoms. The van der Waals surface area contributed by atoms with Crippen molar-refractivity contribution >= 4 is 12.0 Å². The highest BCUT2D eigenvalue weighted by atomic mass is 16.1. The molecule has 0 spiro atoms. The SMILES string of the molecule is CCCNC(=O)/C=C/c1cnn(C)c1. The van der Waals surface area contributed by atoms with Crippen LogP contribution in [0.5, 0.6) is 0 Å². The van der Waals surface area contributed by atoms with E-state index in [1.54, 1.807) is 17.0 Å². The van der Waals surface area contributed by atoms with Gasteiger partial charge >= 0.3 is 0 Å². The summed E-state index contributed by atoms with van der Waals surface area (Å²) >= 11 is 0. The van der Waals surface area contributed by atoms with Gasteiger partial charge in [-0.05, 0) is 12.5 Å². The average Bonchev–Trinajstić information content (AvgIpc) is 2.58. The van der Waals surface area contributed by atoms with Crippen LogP contribution in [0.1, 0.15) is 18.9 Å². The van der Waals surface area contributed by atoms with Crippen molar-refractivity contribution in [2.45, 2.75) is 13.3 Å². The molecule has 76 valence electrons. The van der Waals surface area contributed by atoms with E-state index in [9.17, 15) is 4.79 Å². The molecule has 0 saturated heterocycles. The Morgan fingerprint density at radius 2 is 2.50 bits per heavy atom. The quantitative estimate of drug-likeness (QED) is 0.724. The molecule has 0 aromatic carbocycles. The highest BCUT2D eigenvalue weighted by Crippen LogP contribution is 1.98. The van der Waals surface area contributed by atoms with Crippen molar-refractivity contribution < 1.29 is 4.79 Å². The predicted octanol–water partition coefficient (Wildman–Crippen LogP) is 0.959. The van der Waals surface area contributed by atoms with E-state index in [1.807, 2.05) is 20.2 Å². The van der Waals surface area contributed by atoms with Crippen LogP contribution in [0.3, 0.4) is 0 Å². The molecule has 1 aromatic heterocycles. The Labute approximate surface area is 83.6 Å². The Morgan fingerprint density at radius 3 is 3.07 bits per heavy atom. The molecule has 1 rings (SSSR count). The van der Waals surface area contributed by atoms with Crippen LogP contribution in [0.2, 0.25) is 0 Å². The van der Waals surface area contributed by atoms with Crippen LogP contribution in [0, 0.1) is 0 Å². The maximum atomic E-state index is 11.2. The van der Waals surface area contributed by atoms with Crippen LogP contribution in [-0.4, -0.2) is 22.2 Å². The second kappa shape index (κ2) is 5.21. The smallest absolute Gasteiger partial charge is 0.244 e. The maximum absolute atomic E-state index is 11.2. The zero-order chi connectivity index (χ0) is 10.4. The number of hydrogen-bond donors (Lipinski definition) is 1. The fraction of sp³-hybridized carbons (Fsp3) is 0.400. The first-order valence-electron chi connectivity index (χ1n) is 4.67. The lowest BCUT2D eigenvalue weighted by Crippen LogP contribution is -2.21. The summed E-state index contributed by atoms with van der Waals surface area (Å²) in [5.74, 6) is -0.0595. The topological polar surface area (TPSA) is 46.9 Å². The number of amides is 1. The minimum Gasteiger partial charge on any atom is -0.353 e. The van der Waals surface area contributed by atoms with E-state index < -0.39 is 0 Å². The standard InChI is InChI=1S/C10H15N3O/c1-3-6-11-10(14)5-4-9-7-12-13(2)8-9/h4-5,7-8H,3,6H2,1-2H3,(H,11,14)/b5-4+. The molecule has 14 heavy (non-hydrogen) atoms. The largest absolute Gasteiger partial charge is 0.353 e. The van der Waals surface area contributed by atoms with E-state index in [1.165, 1.54) is 6.08 Å². The molecule has 0 saturated carbocycles. The molecular weight excluding hydrogens is 178 g/mol. The molecule has 1 heterocycles. The van der Waals surface area contributed by atoms with Gasteiger partial charge in [0.1, 0.15) is 0 Å². The fourth-order valence-corrected chi connectivity index (χ4v) is 1.01. The number of carbonyl (C=O) groups excluding carboxylic acids is 1. The van der Waals surface area contributed by atoms with Crippen molar-refractivity contribution in [1.82, 2.24) is 15.1 Å². The first kappa shape index (κ1) is 10.5. The molecule has 0 unspecified atom stereocenters. The van der Waals surface area contributed by atoms with Gasteiger partial charge in [-0.15, -0.1) is 0 Å². The highest BCUT2D eigenvalue weighted by molar-refractivity contribution is 5.91. The van der Waals surface area contributed by atoms with Crippen molar-refractivity contribution in [3.8, 4) is 0 Å². The first-order valence-corrected chi connectivity index (χ1v) is 4.67. The summed E-state index contributed by atoms with van der Waals surface area (Å²) in [5.41, 5.74) is 0.930. The first-order chi connectivity index (χ1) is 6.72. The number of aromatic nitrogens is 2. The average molecular weight is 193 g/mol. The fourth-order valence-electron chi connectivity index (χ4n) is 1.01. The molecule has 0 aliphatic rings. The molecule has 0 radical (unpaired) electrons. The van der Waals surface area contributed by atoms with Gasteiger partial charge in [0.25, 0.3) is 0 Å². The van der Waals surface area contributed by atoms with Gasteiger partial charge in [0.15, 0.2) is 0 Å². The summed E-state index contributed by atoms with van der Waals surface area (Å²) in [4.78, 5) is 11.2. The Morgan fingerprint density at radius 1 is 1.71 bits per heavy atom. The van der Waals surface area contributed by atoms with E-state index in [-0.39, 0.29) is 5.91 Å². The van der Waals surface area contributed by atoms with Crippen LogP contribution in [0.4, 0.5) is 0 Å². The summed E-state index contributed by atoms with van der Waals surface area (Å²) in [6, 6.07) is 0. The van der Waals surface area contributed by atoms with Gasteiger partial charge < -0.3 is 5.32 Å². The lowest BCUT2D eigenvalue weighted by Gasteiger charge is -1.96. The van der Waals surface area contributed by atoms with Crippen LogP contribution in [0.25, 0.3) is 6.08 Å². The number of rotatable bonds is 4. The predicted molar refractivity (Wildman–Crippen MR) is 55.5 cm³/mol. The molecule has 0 atom stereocenters. The van der Waals surface area contributed by atoms with Gasteiger partial charge in [0.05, 0.1) is 6.20 Å². The monoisotopic (exact) mass is 193 g/mol. The lowest BCUT2D eigenvalue weighted by molar-refractivity contribution is -0.116. The number of hydrogen-bond acceptors (Lipinski definition) is 2. The molecule has 0 aliphatic carbocycles. The minimum absolute atomic E-state index is 0.0595. The van der Waals surface area contributed by atoms with Crippen molar-refractivity contribution in [3.63, 3.8) is 0 Å². The minimum atomic E-state index is -0.0595. The lowest BCUT2D eigenvalue weighted by atomic mass is 10.3. The Hall–Kier alpha value is -1.58. The van der Waals surface area contributed by atoms with Gasteiger partial charge in [-0.3, -0.25) is 9.48 Å². The van der Waals surface area contributed by atoms with Gasteiger partial charge in [0, 0.05) is 31.4 Å². The number of nitrogens with one attached hydrogen (secondary N) is 1. The normalized spacial score (nSPS) is 10.7. The molecular formula is C10H15N3O. The molecule has 4 heteroatoms. The van der Waals surface area contributed by atoms with Gasteiger partial charge in [-0.25, -0.2) is 0 Å². The van der Waals surface area contributed by atoms with Crippen molar-refractivity contribution in [2.75, 3.05) is 6.54 Å². The summed E-state index contributed by atoms with van der Waals surface area (Å²) in [6.45, 7) is 2.74.